The zero-order chi connectivity index (χ0) is 14.8. The highest BCUT2D eigenvalue weighted by Gasteiger charge is 2.39. The van der Waals surface area contributed by atoms with Crippen LogP contribution in [-0.4, -0.2) is 55.1 Å². The highest BCUT2D eigenvalue weighted by atomic mass is 19.4. The van der Waals surface area contributed by atoms with Crippen LogP contribution in [0.3, 0.4) is 0 Å². The molecule has 2 fully saturated rings. The second kappa shape index (κ2) is 5.99. The third kappa shape index (κ3) is 4.09. The number of carbonyl (C=O) groups excluding carboxylic acids is 2. The van der Waals surface area contributed by atoms with E-state index in [2.05, 4.69) is 10.6 Å². The van der Waals surface area contributed by atoms with Crippen molar-refractivity contribution in [3.05, 3.63) is 0 Å². The van der Waals surface area contributed by atoms with Gasteiger partial charge in [0.25, 0.3) is 0 Å². The maximum atomic E-state index is 12.3. The second-order valence-electron chi connectivity index (χ2n) is 5.34. The fourth-order valence-corrected chi connectivity index (χ4v) is 2.63. The molecule has 0 aromatic heterocycles. The van der Waals surface area contributed by atoms with E-state index in [1.54, 1.807) is 0 Å². The molecule has 114 valence electrons. The van der Waals surface area contributed by atoms with Crippen LogP contribution in [0, 0.1) is 5.92 Å². The number of likely N-dealkylation sites (tertiary alicyclic amines) is 1. The Hall–Kier alpha value is -1.31. The number of carbonyl (C=O) groups is 2. The van der Waals surface area contributed by atoms with E-state index in [0.29, 0.717) is 6.54 Å². The van der Waals surface area contributed by atoms with Crippen LogP contribution in [-0.2, 0) is 9.59 Å². The molecule has 2 amide bonds. The van der Waals surface area contributed by atoms with Crippen LogP contribution in [0.4, 0.5) is 13.2 Å². The molecule has 0 aromatic carbocycles. The van der Waals surface area contributed by atoms with Crippen molar-refractivity contribution in [1.82, 2.24) is 15.5 Å². The third-order valence-corrected chi connectivity index (χ3v) is 3.60. The molecule has 2 saturated heterocycles. The van der Waals surface area contributed by atoms with Gasteiger partial charge in [0, 0.05) is 19.5 Å². The molecule has 5 nitrogen and oxygen atoms in total. The molecule has 2 atom stereocenters. The number of hydrogen-bond donors (Lipinski definition) is 2. The van der Waals surface area contributed by atoms with E-state index in [0.717, 1.165) is 24.3 Å². The molecule has 2 N–H and O–H groups in total. The van der Waals surface area contributed by atoms with Gasteiger partial charge in [-0.3, -0.25) is 9.59 Å². The first kappa shape index (κ1) is 15.1. The number of hydrogen-bond acceptors (Lipinski definition) is 3. The second-order valence-corrected chi connectivity index (χ2v) is 5.34. The summed E-state index contributed by atoms with van der Waals surface area (Å²) < 4.78 is 36.8. The van der Waals surface area contributed by atoms with E-state index in [1.165, 1.54) is 0 Å². The Kier molecular flexibility index (Phi) is 4.52. The molecule has 0 spiro atoms. The lowest BCUT2D eigenvalue weighted by molar-refractivity contribution is -0.157. The Morgan fingerprint density at radius 1 is 1.45 bits per heavy atom. The SMILES string of the molecule is O=C(N[C@H]1CC(=O)N(CC(F)(F)F)C1)[C@@H]1CCCNC1. The van der Waals surface area contributed by atoms with Crippen LogP contribution >= 0.6 is 0 Å². The molecule has 0 aliphatic carbocycles. The Morgan fingerprint density at radius 2 is 2.20 bits per heavy atom. The predicted molar refractivity (Wildman–Crippen MR) is 64.8 cm³/mol. The van der Waals surface area contributed by atoms with Crippen molar-refractivity contribution in [2.75, 3.05) is 26.2 Å². The number of rotatable bonds is 3. The van der Waals surface area contributed by atoms with Crippen molar-refractivity contribution in [1.29, 1.82) is 0 Å². The molecule has 0 bridgehead atoms. The quantitative estimate of drug-likeness (QED) is 0.785. The average molecular weight is 293 g/mol. The largest absolute Gasteiger partial charge is 0.406 e. The first-order chi connectivity index (χ1) is 9.35. The van der Waals surface area contributed by atoms with E-state index in [4.69, 9.17) is 0 Å². The summed E-state index contributed by atoms with van der Waals surface area (Å²) in [5, 5.41) is 5.79. The molecule has 2 aliphatic rings. The molecule has 0 unspecified atom stereocenters. The van der Waals surface area contributed by atoms with E-state index in [-0.39, 0.29) is 24.8 Å². The van der Waals surface area contributed by atoms with Gasteiger partial charge in [0.1, 0.15) is 6.54 Å². The molecule has 2 aliphatic heterocycles. The van der Waals surface area contributed by atoms with Gasteiger partial charge in [-0.1, -0.05) is 0 Å². The van der Waals surface area contributed by atoms with Gasteiger partial charge in [-0.2, -0.15) is 13.2 Å². The van der Waals surface area contributed by atoms with Gasteiger partial charge >= 0.3 is 6.18 Å². The fraction of sp³-hybridized carbons (Fsp3) is 0.833. The van der Waals surface area contributed by atoms with Crippen molar-refractivity contribution < 1.29 is 22.8 Å². The molecule has 0 radical (unpaired) electrons. The Balaban J connectivity index is 1.82. The standard InChI is InChI=1S/C12H18F3N3O2/c13-12(14,15)7-18-6-9(4-10(18)19)17-11(20)8-2-1-3-16-5-8/h8-9,16H,1-7H2,(H,17,20)/t8-,9+/m1/s1. The lowest BCUT2D eigenvalue weighted by atomic mass is 9.98. The van der Waals surface area contributed by atoms with Crippen LogP contribution in [0.2, 0.25) is 0 Å². The Labute approximate surface area is 114 Å². The molecule has 0 aromatic rings. The summed E-state index contributed by atoms with van der Waals surface area (Å²) in [4.78, 5) is 24.2. The number of halogens is 3. The molecular weight excluding hydrogens is 275 g/mol. The van der Waals surface area contributed by atoms with Gasteiger partial charge in [-0.15, -0.1) is 0 Å². The van der Waals surface area contributed by atoms with Crippen molar-refractivity contribution in [2.45, 2.75) is 31.5 Å². The van der Waals surface area contributed by atoms with Gasteiger partial charge in [-0.05, 0) is 19.4 Å². The smallest absolute Gasteiger partial charge is 0.351 e. The summed E-state index contributed by atoms with van der Waals surface area (Å²) in [5.41, 5.74) is 0. The van der Waals surface area contributed by atoms with Gasteiger partial charge in [0.2, 0.25) is 11.8 Å². The molecule has 2 rings (SSSR count). The minimum atomic E-state index is -4.40. The van der Waals surface area contributed by atoms with Gasteiger partial charge < -0.3 is 15.5 Å². The Bertz CT molecular complexity index is 381. The average Bonchev–Trinajstić information content (AvgIpc) is 2.68. The van der Waals surface area contributed by atoms with Crippen LogP contribution in [0.15, 0.2) is 0 Å². The van der Waals surface area contributed by atoms with E-state index < -0.39 is 24.7 Å². The van der Waals surface area contributed by atoms with Gasteiger partial charge in [0.15, 0.2) is 0 Å². The zero-order valence-electron chi connectivity index (χ0n) is 11.0. The van der Waals surface area contributed by atoms with Crippen LogP contribution in [0.1, 0.15) is 19.3 Å². The summed E-state index contributed by atoms with van der Waals surface area (Å²) in [6.45, 7) is 0.150. The van der Waals surface area contributed by atoms with Crippen LogP contribution < -0.4 is 10.6 Å². The van der Waals surface area contributed by atoms with Crippen molar-refractivity contribution in [3.63, 3.8) is 0 Å². The van der Waals surface area contributed by atoms with Crippen molar-refractivity contribution >= 4 is 11.8 Å². The summed E-state index contributed by atoms with van der Waals surface area (Å²) in [7, 11) is 0. The Morgan fingerprint density at radius 3 is 2.80 bits per heavy atom. The van der Waals surface area contributed by atoms with Gasteiger partial charge in [-0.25, -0.2) is 0 Å². The highest BCUT2D eigenvalue weighted by molar-refractivity contribution is 5.83. The van der Waals surface area contributed by atoms with E-state index in [1.807, 2.05) is 0 Å². The number of amides is 2. The van der Waals surface area contributed by atoms with Crippen LogP contribution in [0.25, 0.3) is 0 Å². The molecule has 0 saturated carbocycles. The first-order valence-electron chi connectivity index (χ1n) is 6.71. The minimum absolute atomic E-state index is 0.0536. The minimum Gasteiger partial charge on any atom is -0.351 e. The maximum Gasteiger partial charge on any atom is 0.406 e. The number of alkyl halides is 3. The topological polar surface area (TPSA) is 61.4 Å². The molecule has 8 heteroatoms. The molecular formula is C12H18F3N3O2. The molecule has 20 heavy (non-hydrogen) atoms. The maximum absolute atomic E-state index is 12.3. The lowest BCUT2D eigenvalue weighted by Gasteiger charge is -2.24. The lowest BCUT2D eigenvalue weighted by Crippen LogP contribution is -2.45. The highest BCUT2D eigenvalue weighted by Crippen LogP contribution is 2.21. The fourth-order valence-electron chi connectivity index (χ4n) is 2.63. The zero-order valence-corrected chi connectivity index (χ0v) is 11.0. The predicted octanol–water partition coefficient (Wildman–Crippen LogP) is 0.265. The molecule has 2 heterocycles. The summed E-state index contributed by atoms with van der Waals surface area (Å²) >= 11 is 0. The third-order valence-electron chi connectivity index (χ3n) is 3.60. The van der Waals surface area contributed by atoms with E-state index in [9.17, 15) is 22.8 Å². The van der Waals surface area contributed by atoms with Crippen LogP contribution in [0.5, 0.6) is 0 Å². The summed E-state index contributed by atoms with van der Waals surface area (Å²) in [6, 6.07) is -0.515. The van der Waals surface area contributed by atoms with Crippen molar-refractivity contribution in [3.8, 4) is 0 Å². The first-order valence-corrected chi connectivity index (χ1v) is 6.71. The van der Waals surface area contributed by atoms with E-state index >= 15 is 0 Å². The van der Waals surface area contributed by atoms with Gasteiger partial charge in [0.05, 0.1) is 12.0 Å². The monoisotopic (exact) mass is 293 g/mol. The number of nitrogens with zero attached hydrogens (tertiary/aromatic N) is 1. The van der Waals surface area contributed by atoms with Crippen molar-refractivity contribution in [2.24, 2.45) is 5.92 Å². The normalized spacial score (nSPS) is 27.8. The summed E-state index contributed by atoms with van der Waals surface area (Å²) in [6.07, 6.45) is -2.78. The number of piperidine rings is 1. The number of nitrogens with one attached hydrogen (secondary N) is 2. The summed E-state index contributed by atoms with van der Waals surface area (Å²) in [5.74, 6) is -0.895.